The van der Waals surface area contributed by atoms with Crippen LogP contribution in [0.5, 0.6) is 0 Å². The van der Waals surface area contributed by atoms with Crippen molar-refractivity contribution in [3.63, 3.8) is 0 Å². The van der Waals surface area contributed by atoms with Crippen molar-refractivity contribution in [2.45, 2.75) is 12.8 Å². The lowest BCUT2D eigenvalue weighted by atomic mass is 9.71. The highest BCUT2D eigenvalue weighted by atomic mass is 16.5. The zero-order valence-corrected chi connectivity index (χ0v) is 15.2. The molecular formula is C18H28N4O3. The van der Waals surface area contributed by atoms with Crippen LogP contribution in [0.15, 0.2) is 18.5 Å². The van der Waals surface area contributed by atoms with Gasteiger partial charge in [-0.3, -0.25) is 4.79 Å². The minimum Gasteiger partial charge on any atom is -0.384 e. The molecule has 0 bridgehead atoms. The Morgan fingerprint density at radius 3 is 2.72 bits per heavy atom. The van der Waals surface area contributed by atoms with Gasteiger partial charge in [0, 0.05) is 52.9 Å². The number of hydrogen-bond acceptors (Lipinski definition) is 6. The standard InChI is InChI=1S/C18H28N4O3/c1-24-10-9-21-12-16(13-25-2)18(14-21)4-7-22(8-5-18)17(23)15-3-6-19-20-11-15/h3,6,11,16H,4-5,7-10,12-14H2,1-2H3/t16-/m0/s1. The second-order valence-corrected chi connectivity index (χ2v) is 7.17. The predicted molar refractivity (Wildman–Crippen MR) is 93.3 cm³/mol. The van der Waals surface area contributed by atoms with Gasteiger partial charge in [0.05, 0.1) is 31.2 Å². The summed E-state index contributed by atoms with van der Waals surface area (Å²) < 4.78 is 10.7. The van der Waals surface area contributed by atoms with Gasteiger partial charge in [0.1, 0.15) is 0 Å². The Balaban J connectivity index is 1.63. The predicted octanol–water partition coefficient (Wildman–Crippen LogP) is 0.924. The first kappa shape index (κ1) is 18.2. The fourth-order valence-electron chi connectivity index (χ4n) is 4.29. The third-order valence-corrected chi connectivity index (χ3v) is 5.74. The molecule has 0 radical (unpaired) electrons. The summed E-state index contributed by atoms with van der Waals surface area (Å²) in [5, 5.41) is 7.56. The minimum absolute atomic E-state index is 0.0577. The SMILES string of the molecule is COCCN1C[C@@H](COC)C2(CCN(C(=O)c3ccnnc3)CC2)C1. The highest BCUT2D eigenvalue weighted by Gasteiger charge is 2.48. The minimum atomic E-state index is 0.0577. The van der Waals surface area contributed by atoms with E-state index in [4.69, 9.17) is 9.47 Å². The van der Waals surface area contributed by atoms with Crippen molar-refractivity contribution in [2.24, 2.45) is 11.3 Å². The first-order valence-electron chi connectivity index (χ1n) is 8.95. The fourth-order valence-corrected chi connectivity index (χ4v) is 4.29. The summed E-state index contributed by atoms with van der Waals surface area (Å²) in [7, 11) is 3.52. The van der Waals surface area contributed by atoms with Crippen molar-refractivity contribution in [2.75, 3.05) is 60.2 Å². The summed E-state index contributed by atoms with van der Waals surface area (Å²) >= 11 is 0. The maximum absolute atomic E-state index is 12.6. The number of methoxy groups -OCH3 is 2. The molecular weight excluding hydrogens is 320 g/mol. The van der Waals surface area contributed by atoms with Crippen LogP contribution in [-0.4, -0.2) is 86.1 Å². The Bertz CT molecular complexity index is 561. The largest absolute Gasteiger partial charge is 0.384 e. The molecule has 25 heavy (non-hydrogen) atoms. The smallest absolute Gasteiger partial charge is 0.255 e. The lowest BCUT2D eigenvalue weighted by Crippen LogP contribution is -2.47. The van der Waals surface area contributed by atoms with Crippen LogP contribution in [0.2, 0.25) is 0 Å². The van der Waals surface area contributed by atoms with Crippen molar-refractivity contribution in [3.05, 3.63) is 24.0 Å². The van der Waals surface area contributed by atoms with E-state index in [0.29, 0.717) is 11.5 Å². The van der Waals surface area contributed by atoms with Gasteiger partial charge in [-0.25, -0.2) is 0 Å². The van der Waals surface area contributed by atoms with Crippen LogP contribution in [0.3, 0.4) is 0 Å². The van der Waals surface area contributed by atoms with Crippen LogP contribution >= 0.6 is 0 Å². The van der Waals surface area contributed by atoms with Crippen molar-refractivity contribution in [1.82, 2.24) is 20.0 Å². The van der Waals surface area contributed by atoms with Gasteiger partial charge in [-0.2, -0.15) is 10.2 Å². The van der Waals surface area contributed by atoms with Gasteiger partial charge in [-0.1, -0.05) is 0 Å². The molecule has 0 aliphatic carbocycles. The van der Waals surface area contributed by atoms with Crippen LogP contribution in [0.4, 0.5) is 0 Å². The molecule has 1 aromatic heterocycles. The van der Waals surface area contributed by atoms with Gasteiger partial charge in [-0.15, -0.1) is 0 Å². The highest BCUT2D eigenvalue weighted by Crippen LogP contribution is 2.44. The van der Waals surface area contributed by atoms with Gasteiger partial charge >= 0.3 is 0 Å². The molecule has 2 aliphatic heterocycles. The van der Waals surface area contributed by atoms with E-state index in [2.05, 4.69) is 15.1 Å². The number of piperidine rings is 1. The Morgan fingerprint density at radius 1 is 1.28 bits per heavy atom. The van der Waals surface area contributed by atoms with E-state index >= 15 is 0 Å². The Hall–Kier alpha value is -1.57. The number of amides is 1. The summed E-state index contributed by atoms with van der Waals surface area (Å²) in [6.07, 6.45) is 5.16. The second kappa shape index (κ2) is 8.21. The maximum Gasteiger partial charge on any atom is 0.255 e. The van der Waals surface area contributed by atoms with Crippen molar-refractivity contribution in [3.8, 4) is 0 Å². The number of carbonyl (C=O) groups is 1. The molecule has 1 aromatic rings. The number of ether oxygens (including phenoxy) is 2. The quantitative estimate of drug-likeness (QED) is 0.762. The molecule has 1 amide bonds. The molecule has 0 N–H and O–H groups in total. The monoisotopic (exact) mass is 348 g/mol. The van der Waals surface area contributed by atoms with E-state index in [1.54, 1.807) is 32.7 Å². The van der Waals surface area contributed by atoms with Crippen molar-refractivity contribution < 1.29 is 14.3 Å². The molecule has 1 atom stereocenters. The molecule has 0 aromatic carbocycles. The zero-order chi connectivity index (χ0) is 17.7. The molecule has 3 heterocycles. The number of likely N-dealkylation sites (tertiary alicyclic amines) is 2. The Morgan fingerprint density at radius 2 is 2.08 bits per heavy atom. The summed E-state index contributed by atoms with van der Waals surface area (Å²) in [6, 6.07) is 1.73. The van der Waals surface area contributed by atoms with Gasteiger partial charge in [0.2, 0.25) is 0 Å². The molecule has 0 unspecified atom stereocenters. The average Bonchev–Trinajstić information content (AvgIpc) is 2.98. The number of carbonyl (C=O) groups excluding carboxylic acids is 1. The number of rotatable bonds is 6. The first-order valence-corrected chi connectivity index (χ1v) is 8.95. The number of nitrogens with zero attached hydrogens (tertiary/aromatic N) is 4. The van der Waals surface area contributed by atoms with Crippen LogP contribution in [-0.2, 0) is 9.47 Å². The molecule has 2 aliphatic rings. The molecule has 7 heteroatoms. The average molecular weight is 348 g/mol. The number of aromatic nitrogens is 2. The molecule has 0 saturated carbocycles. The Kier molecular flexibility index (Phi) is 5.98. The van der Waals surface area contributed by atoms with Crippen LogP contribution < -0.4 is 0 Å². The summed E-state index contributed by atoms with van der Waals surface area (Å²) in [5.41, 5.74) is 0.865. The topological polar surface area (TPSA) is 67.8 Å². The molecule has 3 rings (SSSR count). The lowest BCUT2D eigenvalue weighted by molar-refractivity contribution is 0.0320. The molecule has 138 valence electrons. The van der Waals surface area contributed by atoms with E-state index < -0.39 is 0 Å². The van der Waals surface area contributed by atoms with Gasteiger partial charge in [0.15, 0.2) is 0 Å². The van der Waals surface area contributed by atoms with E-state index in [9.17, 15) is 4.79 Å². The lowest BCUT2D eigenvalue weighted by Gasteiger charge is -2.42. The third kappa shape index (κ3) is 3.99. The van der Waals surface area contributed by atoms with E-state index in [1.165, 1.54) is 0 Å². The first-order chi connectivity index (χ1) is 12.2. The van der Waals surface area contributed by atoms with E-state index in [1.807, 2.05) is 4.90 Å². The maximum atomic E-state index is 12.6. The summed E-state index contributed by atoms with van der Waals surface area (Å²) in [5.74, 6) is 0.580. The molecule has 2 fully saturated rings. The van der Waals surface area contributed by atoms with Crippen molar-refractivity contribution >= 4 is 5.91 Å². The molecule has 1 spiro atoms. The van der Waals surface area contributed by atoms with Crippen LogP contribution in [0.25, 0.3) is 0 Å². The molecule has 2 saturated heterocycles. The summed E-state index contributed by atoms with van der Waals surface area (Å²) in [6.45, 7) is 6.21. The van der Waals surface area contributed by atoms with E-state index in [-0.39, 0.29) is 11.3 Å². The van der Waals surface area contributed by atoms with Crippen LogP contribution in [0, 0.1) is 11.3 Å². The number of hydrogen-bond donors (Lipinski definition) is 0. The van der Waals surface area contributed by atoms with Gasteiger partial charge in [0.25, 0.3) is 5.91 Å². The summed E-state index contributed by atoms with van der Waals surface area (Å²) in [4.78, 5) is 17.1. The zero-order valence-electron chi connectivity index (χ0n) is 15.2. The van der Waals surface area contributed by atoms with Gasteiger partial charge in [-0.05, 0) is 24.3 Å². The fraction of sp³-hybridized carbons (Fsp3) is 0.722. The van der Waals surface area contributed by atoms with E-state index in [0.717, 1.165) is 58.8 Å². The van der Waals surface area contributed by atoms with Crippen LogP contribution in [0.1, 0.15) is 23.2 Å². The third-order valence-electron chi connectivity index (χ3n) is 5.74. The molecule has 7 nitrogen and oxygen atoms in total. The second-order valence-electron chi connectivity index (χ2n) is 7.17. The Labute approximate surface area is 149 Å². The van der Waals surface area contributed by atoms with Gasteiger partial charge < -0.3 is 19.3 Å². The van der Waals surface area contributed by atoms with Crippen molar-refractivity contribution in [1.29, 1.82) is 0 Å². The normalized spacial score (nSPS) is 23.3. The highest BCUT2D eigenvalue weighted by molar-refractivity contribution is 5.93.